The lowest BCUT2D eigenvalue weighted by Crippen LogP contribution is -2.44. The molecule has 0 aliphatic heterocycles. The third kappa shape index (κ3) is 7.57. The minimum Gasteiger partial charge on any atom is -0.443 e. The van der Waals surface area contributed by atoms with Crippen LogP contribution in [0.1, 0.15) is 51.9 Å². The van der Waals surface area contributed by atoms with E-state index in [9.17, 15) is 18.8 Å². The van der Waals surface area contributed by atoms with Crippen LogP contribution in [0.25, 0.3) is 11.3 Å². The van der Waals surface area contributed by atoms with Gasteiger partial charge in [-0.1, -0.05) is 24.3 Å². The summed E-state index contributed by atoms with van der Waals surface area (Å²) in [6, 6.07) is 13.9. The van der Waals surface area contributed by atoms with Crippen molar-refractivity contribution in [2.45, 2.75) is 52.7 Å². The summed E-state index contributed by atoms with van der Waals surface area (Å²) in [5.74, 6) is -1.43. The van der Waals surface area contributed by atoms with Crippen LogP contribution in [0.3, 0.4) is 0 Å². The predicted octanol–water partition coefficient (Wildman–Crippen LogP) is 6.21. The van der Waals surface area contributed by atoms with Crippen LogP contribution in [0.4, 0.5) is 25.6 Å². The summed E-state index contributed by atoms with van der Waals surface area (Å²) in [6.07, 6.45) is -0.567. The van der Waals surface area contributed by atoms with Gasteiger partial charge in [0.1, 0.15) is 17.0 Å². The van der Waals surface area contributed by atoms with Crippen LogP contribution in [-0.2, 0) is 9.47 Å². The lowest BCUT2D eigenvalue weighted by atomic mass is 10.1. The zero-order valence-electron chi connectivity index (χ0n) is 21.5. The molecule has 0 unspecified atom stereocenters. The number of hydrogen-bond donors (Lipinski definition) is 1. The van der Waals surface area contributed by atoms with Crippen LogP contribution >= 0.6 is 0 Å². The maximum atomic E-state index is 13.9. The molecule has 3 amide bonds. The van der Waals surface area contributed by atoms with Crippen molar-refractivity contribution in [3.63, 3.8) is 0 Å². The van der Waals surface area contributed by atoms with Gasteiger partial charge in [-0.2, -0.15) is 0 Å². The van der Waals surface area contributed by atoms with E-state index in [0.29, 0.717) is 21.8 Å². The fourth-order valence-electron chi connectivity index (χ4n) is 3.04. The van der Waals surface area contributed by atoms with E-state index in [1.54, 1.807) is 77.9 Å². The molecule has 3 rings (SSSR count). The summed E-state index contributed by atoms with van der Waals surface area (Å²) in [5, 5.41) is 2.64. The van der Waals surface area contributed by atoms with E-state index < -0.39 is 35.1 Å². The molecular formula is C27H29FN4O5. The van der Waals surface area contributed by atoms with E-state index in [-0.39, 0.29) is 11.5 Å². The van der Waals surface area contributed by atoms with Crippen LogP contribution in [0.5, 0.6) is 0 Å². The Hall–Kier alpha value is -4.34. The molecule has 3 aromatic rings. The number of hydrogen-bond acceptors (Lipinski definition) is 7. The number of benzene rings is 2. The third-order valence-corrected chi connectivity index (χ3v) is 4.55. The molecule has 9 nitrogen and oxygen atoms in total. The third-order valence-electron chi connectivity index (χ3n) is 4.55. The molecule has 0 bridgehead atoms. The van der Waals surface area contributed by atoms with Gasteiger partial charge < -0.3 is 14.8 Å². The predicted molar refractivity (Wildman–Crippen MR) is 137 cm³/mol. The first kappa shape index (κ1) is 27.3. The maximum absolute atomic E-state index is 13.9. The second kappa shape index (κ2) is 10.7. The van der Waals surface area contributed by atoms with Crippen LogP contribution < -0.4 is 10.2 Å². The minimum absolute atomic E-state index is 0.0728. The Bertz CT molecular complexity index is 1270. The average molecular weight is 509 g/mol. The SMILES string of the molecule is CC(C)(C)OC(=O)N(C(=O)OC(C)(C)C)c1nccc(-c2ccc(NC(=O)c3ccccc3F)cc2)n1. The molecule has 37 heavy (non-hydrogen) atoms. The van der Waals surface area contributed by atoms with Crippen molar-refractivity contribution in [2.24, 2.45) is 0 Å². The molecule has 10 heteroatoms. The second-order valence-corrected chi connectivity index (χ2v) is 10.0. The number of halogens is 1. The Labute approximate surface area is 214 Å². The number of nitrogens with one attached hydrogen (secondary N) is 1. The maximum Gasteiger partial charge on any atom is 0.427 e. The summed E-state index contributed by atoms with van der Waals surface area (Å²) in [6.45, 7) is 10.0. The largest absolute Gasteiger partial charge is 0.443 e. The Kier molecular flexibility index (Phi) is 7.90. The molecule has 0 saturated carbocycles. The average Bonchev–Trinajstić information content (AvgIpc) is 2.78. The van der Waals surface area contributed by atoms with Gasteiger partial charge in [-0.3, -0.25) is 4.79 Å². The Morgan fingerprint density at radius 1 is 0.838 bits per heavy atom. The number of imide groups is 1. The number of carbonyl (C=O) groups excluding carboxylic acids is 3. The van der Waals surface area contributed by atoms with Crippen molar-refractivity contribution in [1.82, 2.24) is 9.97 Å². The molecule has 0 saturated heterocycles. The van der Waals surface area contributed by atoms with Gasteiger partial charge in [-0.05, 0) is 71.9 Å². The topological polar surface area (TPSA) is 111 Å². The minimum atomic E-state index is -0.981. The fraction of sp³-hybridized carbons (Fsp3) is 0.296. The van der Waals surface area contributed by atoms with Crippen LogP contribution in [-0.4, -0.2) is 39.3 Å². The lowest BCUT2D eigenvalue weighted by Gasteiger charge is -2.27. The molecule has 194 valence electrons. The van der Waals surface area contributed by atoms with Gasteiger partial charge in [-0.25, -0.2) is 23.9 Å². The number of carbonyl (C=O) groups is 3. The zero-order chi connectivity index (χ0) is 27.4. The highest BCUT2D eigenvalue weighted by Crippen LogP contribution is 2.24. The van der Waals surface area contributed by atoms with Gasteiger partial charge in [0.2, 0.25) is 5.95 Å². The Morgan fingerprint density at radius 3 is 1.95 bits per heavy atom. The highest BCUT2D eigenvalue weighted by atomic mass is 19.1. The van der Waals surface area contributed by atoms with Gasteiger partial charge in [0, 0.05) is 17.4 Å². The molecule has 1 N–H and O–H groups in total. The van der Waals surface area contributed by atoms with E-state index in [0.717, 1.165) is 0 Å². The Morgan fingerprint density at radius 2 is 1.41 bits per heavy atom. The van der Waals surface area contributed by atoms with Gasteiger partial charge >= 0.3 is 12.2 Å². The van der Waals surface area contributed by atoms with Gasteiger partial charge in [-0.15, -0.1) is 4.90 Å². The van der Waals surface area contributed by atoms with Crippen molar-refractivity contribution < 1.29 is 28.2 Å². The standard InChI is InChI=1S/C27H29FN4O5/c1-26(2,3)36-24(34)32(25(35)37-27(4,5)6)23-29-16-15-21(31-23)17-11-13-18(14-12-17)30-22(33)19-9-7-8-10-20(19)28/h7-16H,1-6H3,(H,30,33). The number of ether oxygens (including phenoxy) is 2. The molecule has 0 radical (unpaired) electrons. The number of aromatic nitrogens is 2. The summed E-state index contributed by atoms with van der Waals surface area (Å²) in [5.41, 5.74) is -0.378. The van der Waals surface area contributed by atoms with Crippen LogP contribution in [0.15, 0.2) is 60.8 Å². The highest BCUT2D eigenvalue weighted by molar-refractivity contribution is 6.08. The van der Waals surface area contributed by atoms with E-state index in [1.165, 1.54) is 24.4 Å². The smallest absolute Gasteiger partial charge is 0.427 e. The van der Waals surface area contributed by atoms with Crippen molar-refractivity contribution >= 4 is 29.7 Å². The quantitative estimate of drug-likeness (QED) is 0.446. The van der Waals surface area contributed by atoms with E-state index in [4.69, 9.17) is 9.47 Å². The molecule has 0 fully saturated rings. The van der Waals surface area contributed by atoms with Crippen molar-refractivity contribution in [2.75, 3.05) is 10.2 Å². The lowest BCUT2D eigenvalue weighted by molar-refractivity contribution is 0.0427. The van der Waals surface area contributed by atoms with Crippen LogP contribution in [0, 0.1) is 5.82 Å². The molecule has 0 spiro atoms. The first-order valence-corrected chi connectivity index (χ1v) is 11.5. The van der Waals surface area contributed by atoms with E-state index >= 15 is 0 Å². The molecule has 0 atom stereocenters. The molecule has 1 heterocycles. The van der Waals surface area contributed by atoms with E-state index in [1.807, 2.05) is 0 Å². The molecule has 0 aliphatic rings. The summed E-state index contributed by atoms with van der Waals surface area (Å²) < 4.78 is 24.6. The van der Waals surface area contributed by atoms with Gasteiger partial charge in [0.25, 0.3) is 5.91 Å². The number of nitrogens with zero attached hydrogens (tertiary/aromatic N) is 3. The molecule has 2 aromatic carbocycles. The van der Waals surface area contributed by atoms with Gasteiger partial charge in [0.05, 0.1) is 11.3 Å². The summed E-state index contributed by atoms with van der Waals surface area (Å²) >= 11 is 0. The zero-order valence-corrected chi connectivity index (χ0v) is 21.5. The van der Waals surface area contributed by atoms with Crippen molar-refractivity contribution in [3.8, 4) is 11.3 Å². The number of anilines is 2. The first-order valence-electron chi connectivity index (χ1n) is 11.5. The number of amides is 3. The normalized spacial score (nSPS) is 11.4. The summed E-state index contributed by atoms with van der Waals surface area (Å²) in [4.78, 5) is 47.2. The summed E-state index contributed by atoms with van der Waals surface area (Å²) in [7, 11) is 0. The molecule has 1 aromatic heterocycles. The monoisotopic (exact) mass is 508 g/mol. The molecule has 0 aliphatic carbocycles. The number of rotatable bonds is 4. The highest BCUT2D eigenvalue weighted by Gasteiger charge is 2.34. The van der Waals surface area contributed by atoms with E-state index in [2.05, 4.69) is 15.3 Å². The fourth-order valence-corrected chi connectivity index (χ4v) is 3.04. The van der Waals surface area contributed by atoms with Crippen LogP contribution in [0.2, 0.25) is 0 Å². The Balaban J connectivity index is 1.86. The van der Waals surface area contributed by atoms with Gasteiger partial charge in [0.15, 0.2) is 0 Å². The van der Waals surface area contributed by atoms with Crippen molar-refractivity contribution in [1.29, 1.82) is 0 Å². The first-order chi connectivity index (χ1) is 17.2. The second-order valence-electron chi connectivity index (χ2n) is 10.0. The molecular weight excluding hydrogens is 479 g/mol. The van der Waals surface area contributed by atoms with Crippen molar-refractivity contribution in [3.05, 3.63) is 72.2 Å².